The van der Waals surface area contributed by atoms with Crippen LogP contribution in [0, 0.1) is 13.8 Å². The van der Waals surface area contributed by atoms with E-state index < -0.39 is 0 Å². The van der Waals surface area contributed by atoms with Crippen molar-refractivity contribution >= 4 is 5.65 Å². The van der Waals surface area contributed by atoms with Gasteiger partial charge in [-0.25, -0.2) is 14.2 Å². The molecule has 4 nitrogen and oxygen atoms in total. The first-order valence-electron chi connectivity index (χ1n) is 4.71. The van der Waals surface area contributed by atoms with E-state index in [1.165, 1.54) is 0 Å². The second-order valence-corrected chi connectivity index (χ2v) is 3.41. The minimum atomic E-state index is -0.115. The van der Waals surface area contributed by atoms with Gasteiger partial charge in [0.05, 0.1) is 5.69 Å². The number of aromatic amines is 1. The van der Waals surface area contributed by atoms with E-state index in [0.29, 0.717) is 0 Å². The number of nitrogens with zero attached hydrogens (tertiary/aromatic N) is 2. The number of nitrogens with one attached hydrogen (secondary N) is 1. The molecule has 0 saturated carbocycles. The predicted octanol–water partition coefficient (Wildman–Crippen LogP) is 1.20. The Bertz CT molecular complexity index is 536. The van der Waals surface area contributed by atoms with Crippen LogP contribution in [0.3, 0.4) is 0 Å². The third-order valence-electron chi connectivity index (χ3n) is 2.59. The number of aryl methyl sites for hydroxylation is 3. The van der Waals surface area contributed by atoms with Crippen LogP contribution < -0.4 is 5.69 Å². The maximum absolute atomic E-state index is 11.5. The van der Waals surface area contributed by atoms with Gasteiger partial charge in [-0.1, -0.05) is 6.92 Å². The predicted molar refractivity (Wildman–Crippen MR) is 54.7 cm³/mol. The first-order valence-corrected chi connectivity index (χ1v) is 4.71. The molecule has 0 saturated heterocycles. The molecular formula is C10H13N3O. The first kappa shape index (κ1) is 8.99. The summed E-state index contributed by atoms with van der Waals surface area (Å²) >= 11 is 0. The summed E-state index contributed by atoms with van der Waals surface area (Å²) in [6, 6.07) is 0. The SMILES string of the molecule is CCc1c[nH]c(=O)n2c(C)c(C)nc12. The number of hydrogen-bond acceptors (Lipinski definition) is 2. The molecule has 0 aromatic carbocycles. The van der Waals surface area contributed by atoms with E-state index in [1.54, 1.807) is 10.6 Å². The summed E-state index contributed by atoms with van der Waals surface area (Å²) in [4.78, 5) is 18.7. The molecule has 0 aliphatic carbocycles. The Morgan fingerprint density at radius 3 is 2.86 bits per heavy atom. The highest BCUT2D eigenvalue weighted by Gasteiger charge is 2.09. The molecule has 2 rings (SSSR count). The Morgan fingerprint density at radius 2 is 2.21 bits per heavy atom. The summed E-state index contributed by atoms with van der Waals surface area (Å²) in [6.07, 6.45) is 2.61. The van der Waals surface area contributed by atoms with Crippen molar-refractivity contribution in [1.29, 1.82) is 0 Å². The summed E-state index contributed by atoms with van der Waals surface area (Å²) in [5.74, 6) is 0. The lowest BCUT2D eigenvalue weighted by molar-refractivity contribution is 0.934. The molecule has 0 aliphatic heterocycles. The number of fused-ring (bicyclic) bond motifs is 1. The zero-order chi connectivity index (χ0) is 10.3. The van der Waals surface area contributed by atoms with Gasteiger partial charge in [0.15, 0.2) is 0 Å². The van der Waals surface area contributed by atoms with Gasteiger partial charge in [0.25, 0.3) is 0 Å². The molecule has 74 valence electrons. The van der Waals surface area contributed by atoms with Crippen molar-refractivity contribution in [3.05, 3.63) is 33.6 Å². The summed E-state index contributed by atoms with van der Waals surface area (Å²) in [6.45, 7) is 5.87. The zero-order valence-corrected chi connectivity index (χ0v) is 8.59. The van der Waals surface area contributed by atoms with Crippen molar-refractivity contribution in [2.24, 2.45) is 0 Å². The Hall–Kier alpha value is -1.58. The lowest BCUT2D eigenvalue weighted by atomic mass is 10.2. The number of H-pyrrole nitrogens is 1. The molecule has 2 aromatic rings. The second-order valence-electron chi connectivity index (χ2n) is 3.41. The van der Waals surface area contributed by atoms with E-state index in [4.69, 9.17) is 0 Å². The highest BCUT2D eigenvalue weighted by atomic mass is 16.1. The van der Waals surface area contributed by atoms with E-state index in [0.717, 1.165) is 29.0 Å². The topological polar surface area (TPSA) is 50.2 Å². The second kappa shape index (κ2) is 2.97. The van der Waals surface area contributed by atoms with Gasteiger partial charge in [0.2, 0.25) is 0 Å². The smallest absolute Gasteiger partial charge is 0.313 e. The van der Waals surface area contributed by atoms with Gasteiger partial charge in [0, 0.05) is 17.5 Å². The molecule has 2 aromatic heterocycles. The Balaban J connectivity index is 2.99. The van der Waals surface area contributed by atoms with Crippen molar-refractivity contribution in [3.8, 4) is 0 Å². The van der Waals surface area contributed by atoms with E-state index in [-0.39, 0.29) is 5.69 Å². The van der Waals surface area contributed by atoms with Gasteiger partial charge in [-0.15, -0.1) is 0 Å². The van der Waals surface area contributed by atoms with Crippen LogP contribution in [0.25, 0.3) is 5.65 Å². The molecule has 2 heterocycles. The van der Waals surface area contributed by atoms with Crippen molar-refractivity contribution in [1.82, 2.24) is 14.4 Å². The maximum Gasteiger partial charge on any atom is 0.331 e. The Labute approximate surface area is 81.6 Å². The van der Waals surface area contributed by atoms with Crippen LogP contribution in [-0.4, -0.2) is 14.4 Å². The average molecular weight is 191 g/mol. The molecule has 0 radical (unpaired) electrons. The van der Waals surface area contributed by atoms with Crippen LogP contribution in [0.5, 0.6) is 0 Å². The molecule has 0 unspecified atom stereocenters. The largest absolute Gasteiger partial charge is 0.331 e. The molecule has 0 bridgehead atoms. The van der Waals surface area contributed by atoms with Crippen LogP contribution in [-0.2, 0) is 6.42 Å². The monoisotopic (exact) mass is 191 g/mol. The fourth-order valence-electron chi connectivity index (χ4n) is 1.61. The summed E-state index contributed by atoms with van der Waals surface area (Å²) in [5, 5.41) is 0. The third-order valence-corrected chi connectivity index (χ3v) is 2.59. The van der Waals surface area contributed by atoms with Crippen LogP contribution in [0.2, 0.25) is 0 Å². The lowest BCUT2D eigenvalue weighted by Gasteiger charge is -1.99. The van der Waals surface area contributed by atoms with E-state index in [1.807, 2.05) is 20.8 Å². The van der Waals surface area contributed by atoms with Gasteiger partial charge in [-0.2, -0.15) is 0 Å². The summed E-state index contributed by atoms with van der Waals surface area (Å²) < 4.78 is 1.63. The molecular weight excluding hydrogens is 178 g/mol. The molecule has 0 amide bonds. The third kappa shape index (κ3) is 1.07. The zero-order valence-electron chi connectivity index (χ0n) is 8.59. The number of rotatable bonds is 1. The van der Waals surface area contributed by atoms with Crippen molar-refractivity contribution in [2.75, 3.05) is 0 Å². The van der Waals surface area contributed by atoms with Crippen LogP contribution in [0.1, 0.15) is 23.9 Å². The van der Waals surface area contributed by atoms with Crippen molar-refractivity contribution in [2.45, 2.75) is 27.2 Å². The Kier molecular flexibility index (Phi) is 1.91. The van der Waals surface area contributed by atoms with Crippen LogP contribution in [0.15, 0.2) is 11.0 Å². The summed E-state index contributed by atoms with van der Waals surface area (Å²) in [7, 11) is 0. The quantitative estimate of drug-likeness (QED) is 0.736. The van der Waals surface area contributed by atoms with Crippen LogP contribution in [0.4, 0.5) is 0 Å². The van der Waals surface area contributed by atoms with Gasteiger partial charge >= 0.3 is 5.69 Å². The minimum Gasteiger partial charge on any atom is -0.313 e. The van der Waals surface area contributed by atoms with Gasteiger partial charge in [-0.05, 0) is 20.3 Å². The molecule has 0 aliphatic rings. The minimum absolute atomic E-state index is 0.115. The lowest BCUT2D eigenvalue weighted by Crippen LogP contribution is -2.17. The Morgan fingerprint density at radius 1 is 1.50 bits per heavy atom. The van der Waals surface area contributed by atoms with E-state index in [2.05, 4.69) is 9.97 Å². The molecule has 0 fully saturated rings. The number of imidazole rings is 1. The molecule has 14 heavy (non-hydrogen) atoms. The van der Waals surface area contributed by atoms with Gasteiger partial charge < -0.3 is 4.98 Å². The number of aromatic nitrogens is 3. The van der Waals surface area contributed by atoms with Crippen LogP contribution >= 0.6 is 0 Å². The standard InChI is InChI=1S/C10H13N3O/c1-4-8-5-11-10(14)13-7(3)6(2)12-9(8)13/h5H,4H2,1-3H3,(H,11,14). The first-order chi connectivity index (χ1) is 6.65. The highest BCUT2D eigenvalue weighted by molar-refractivity contribution is 5.49. The van der Waals surface area contributed by atoms with E-state index in [9.17, 15) is 4.79 Å². The molecule has 0 spiro atoms. The molecule has 4 heteroatoms. The van der Waals surface area contributed by atoms with Crippen molar-refractivity contribution < 1.29 is 0 Å². The van der Waals surface area contributed by atoms with Crippen molar-refractivity contribution in [3.63, 3.8) is 0 Å². The summed E-state index contributed by atoms with van der Waals surface area (Å²) in [5.41, 5.74) is 3.57. The van der Waals surface area contributed by atoms with Gasteiger partial charge in [-0.3, -0.25) is 0 Å². The molecule has 1 N–H and O–H groups in total. The average Bonchev–Trinajstić information content (AvgIpc) is 2.45. The van der Waals surface area contributed by atoms with E-state index >= 15 is 0 Å². The fraction of sp³-hybridized carbons (Fsp3) is 0.400. The number of hydrogen-bond donors (Lipinski definition) is 1. The fourth-order valence-corrected chi connectivity index (χ4v) is 1.61. The molecule has 0 atom stereocenters. The normalized spacial score (nSPS) is 11.1. The maximum atomic E-state index is 11.5. The van der Waals surface area contributed by atoms with Gasteiger partial charge in [0.1, 0.15) is 5.65 Å². The highest BCUT2D eigenvalue weighted by Crippen LogP contribution is 2.11.